The maximum atomic E-state index is 12.0. The van der Waals surface area contributed by atoms with Gasteiger partial charge in [0, 0.05) is 0 Å². The van der Waals surface area contributed by atoms with Crippen LogP contribution in [0.5, 0.6) is 11.5 Å². The predicted octanol–water partition coefficient (Wildman–Crippen LogP) is 1.37. The van der Waals surface area contributed by atoms with Crippen LogP contribution in [0, 0.1) is 6.92 Å². The number of para-hydroxylation sites is 2. The van der Waals surface area contributed by atoms with Crippen molar-refractivity contribution in [1.29, 1.82) is 0 Å². The number of hydrogen-bond acceptors (Lipinski definition) is 7. The number of aryl methyl sites for hydroxylation is 1. The number of hydrogen-bond donors (Lipinski definition) is 0. The Hall–Kier alpha value is -2.48. The molecule has 0 fully saturated rings. The summed E-state index contributed by atoms with van der Waals surface area (Å²) in [6.07, 6.45) is -0.355. The molecule has 1 aliphatic rings. The molecule has 0 radical (unpaired) electrons. The average molecular weight is 302 g/mol. The van der Waals surface area contributed by atoms with Gasteiger partial charge >= 0.3 is 0 Å². The molecule has 0 spiro atoms. The Balaban J connectivity index is 1.75. The zero-order valence-electron chi connectivity index (χ0n) is 11.0. The third-order valence-electron chi connectivity index (χ3n) is 3.15. The average Bonchev–Trinajstić information content (AvgIpc) is 2.95. The van der Waals surface area contributed by atoms with E-state index in [0.717, 1.165) is 0 Å². The zero-order valence-corrected chi connectivity index (χ0v) is 11.8. The molecule has 1 aliphatic heterocycles. The predicted molar refractivity (Wildman–Crippen MR) is 75.0 cm³/mol. The van der Waals surface area contributed by atoms with Gasteiger partial charge in [0.15, 0.2) is 22.6 Å². The van der Waals surface area contributed by atoms with Gasteiger partial charge in [-0.15, -0.1) is 10.2 Å². The molecule has 106 valence electrons. The quantitative estimate of drug-likeness (QED) is 0.675. The van der Waals surface area contributed by atoms with Crippen molar-refractivity contribution in [2.24, 2.45) is 0 Å². The van der Waals surface area contributed by atoms with E-state index in [4.69, 9.17) is 9.47 Å². The molecular formula is C13H10N4O3S. The van der Waals surface area contributed by atoms with Crippen molar-refractivity contribution in [3.05, 3.63) is 45.3 Å². The fourth-order valence-electron chi connectivity index (χ4n) is 2.08. The van der Waals surface area contributed by atoms with E-state index in [2.05, 4.69) is 15.3 Å². The molecule has 3 heterocycles. The van der Waals surface area contributed by atoms with Crippen LogP contribution in [0.3, 0.4) is 0 Å². The number of nitrogens with zero attached hydrogens (tertiary/aromatic N) is 4. The van der Waals surface area contributed by atoms with Crippen molar-refractivity contribution in [2.45, 2.75) is 13.0 Å². The van der Waals surface area contributed by atoms with Gasteiger partial charge < -0.3 is 9.47 Å². The number of aromatic nitrogens is 4. The minimum Gasteiger partial charge on any atom is -0.485 e. The first kappa shape index (κ1) is 12.3. The highest BCUT2D eigenvalue weighted by Crippen LogP contribution is 2.36. The number of benzene rings is 1. The molecule has 21 heavy (non-hydrogen) atoms. The summed E-state index contributed by atoms with van der Waals surface area (Å²) in [4.78, 5) is 12.4. The molecule has 0 N–H and O–H groups in total. The highest BCUT2D eigenvalue weighted by Gasteiger charge is 2.26. The van der Waals surface area contributed by atoms with E-state index < -0.39 is 0 Å². The summed E-state index contributed by atoms with van der Waals surface area (Å²) >= 11 is 1.27. The lowest BCUT2D eigenvalue weighted by Gasteiger charge is -2.24. The van der Waals surface area contributed by atoms with Crippen LogP contribution < -0.4 is 15.0 Å². The van der Waals surface area contributed by atoms with Gasteiger partial charge in [-0.1, -0.05) is 23.5 Å². The van der Waals surface area contributed by atoms with E-state index in [1.54, 1.807) is 6.92 Å². The third-order valence-corrected chi connectivity index (χ3v) is 4.14. The van der Waals surface area contributed by atoms with E-state index in [9.17, 15) is 4.79 Å². The van der Waals surface area contributed by atoms with Crippen molar-refractivity contribution < 1.29 is 9.47 Å². The van der Waals surface area contributed by atoms with Crippen molar-refractivity contribution in [3.8, 4) is 11.5 Å². The minimum atomic E-state index is -0.355. The molecule has 2 aromatic heterocycles. The zero-order chi connectivity index (χ0) is 14.4. The Kier molecular flexibility index (Phi) is 2.64. The number of rotatable bonds is 1. The lowest BCUT2D eigenvalue weighted by Crippen LogP contribution is -2.23. The van der Waals surface area contributed by atoms with Gasteiger partial charge in [-0.3, -0.25) is 4.79 Å². The second kappa shape index (κ2) is 4.52. The van der Waals surface area contributed by atoms with Gasteiger partial charge in [0.2, 0.25) is 4.96 Å². The maximum Gasteiger partial charge on any atom is 0.296 e. The summed E-state index contributed by atoms with van der Waals surface area (Å²) in [6.45, 7) is 1.95. The van der Waals surface area contributed by atoms with Crippen molar-refractivity contribution in [1.82, 2.24) is 19.8 Å². The first-order chi connectivity index (χ1) is 10.2. The van der Waals surface area contributed by atoms with Gasteiger partial charge in [0.05, 0.1) is 0 Å². The summed E-state index contributed by atoms with van der Waals surface area (Å²) in [5.74, 6) is 1.38. The first-order valence-corrected chi connectivity index (χ1v) is 7.15. The van der Waals surface area contributed by atoms with Gasteiger partial charge in [0.1, 0.15) is 12.3 Å². The normalized spacial score (nSPS) is 17.1. The van der Waals surface area contributed by atoms with Crippen LogP contribution in [0.1, 0.15) is 16.8 Å². The lowest BCUT2D eigenvalue weighted by molar-refractivity contribution is 0.0904. The Morgan fingerprint density at radius 2 is 2.10 bits per heavy atom. The topological polar surface area (TPSA) is 78.6 Å². The minimum absolute atomic E-state index is 0.264. The molecule has 0 saturated carbocycles. The SMILES string of the molecule is Cc1nnc2sc([C@H]3COc4ccccc4O3)nn2c1=O. The van der Waals surface area contributed by atoms with Crippen LogP contribution in [-0.2, 0) is 0 Å². The second-order valence-electron chi connectivity index (χ2n) is 4.59. The van der Waals surface area contributed by atoms with Crippen molar-refractivity contribution in [2.75, 3.05) is 6.61 Å². The summed E-state index contributed by atoms with van der Waals surface area (Å²) in [5.41, 5.74) is 0.0511. The summed E-state index contributed by atoms with van der Waals surface area (Å²) in [6, 6.07) is 7.45. The molecule has 0 aliphatic carbocycles. The maximum absolute atomic E-state index is 12.0. The molecule has 4 rings (SSSR count). The fraction of sp³-hybridized carbons (Fsp3) is 0.231. The molecule has 0 bridgehead atoms. The Bertz CT molecular complexity index is 888. The highest BCUT2D eigenvalue weighted by atomic mass is 32.1. The molecule has 1 aromatic carbocycles. The van der Waals surface area contributed by atoms with Crippen LogP contribution in [-0.4, -0.2) is 26.4 Å². The van der Waals surface area contributed by atoms with Gasteiger partial charge in [-0.05, 0) is 19.1 Å². The Labute approximate surface area is 122 Å². The van der Waals surface area contributed by atoms with Crippen LogP contribution in [0.4, 0.5) is 0 Å². The van der Waals surface area contributed by atoms with Crippen LogP contribution in [0.25, 0.3) is 4.96 Å². The molecule has 8 heteroatoms. The molecule has 3 aromatic rings. The lowest BCUT2D eigenvalue weighted by atomic mass is 10.3. The molecule has 1 atom stereocenters. The smallest absolute Gasteiger partial charge is 0.296 e. The number of fused-ring (bicyclic) bond motifs is 2. The third kappa shape index (κ3) is 1.95. The molecular weight excluding hydrogens is 292 g/mol. The van der Waals surface area contributed by atoms with Gasteiger partial charge in [-0.25, -0.2) is 0 Å². The van der Waals surface area contributed by atoms with E-state index in [-0.39, 0.29) is 11.7 Å². The summed E-state index contributed by atoms with van der Waals surface area (Å²) in [7, 11) is 0. The molecule has 0 saturated heterocycles. The molecule has 7 nitrogen and oxygen atoms in total. The first-order valence-electron chi connectivity index (χ1n) is 6.34. The van der Waals surface area contributed by atoms with E-state index >= 15 is 0 Å². The summed E-state index contributed by atoms with van der Waals surface area (Å²) in [5, 5.41) is 12.7. The number of ether oxygens (including phenoxy) is 2. The van der Waals surface area contributed by atoms with Crippen LogP contribution in [0.2, 0.25) is 0 Å². The van der Waals surface area contributed by atoms with E-state index in [0.29, 0.717) is 33.8 Å². The monoisotopic (exact) mass is 302 g/mol. The van der Waals surface area contributed by atoms with Crippen LogP contribution in [0.15, 0.2) is 29.1 Å². The summed E-state index contributed by atoms with van der Waals surface area (Å²) < 4.78 is 12.8. The molecule has 0 amide bonds. The van der Waals surface area contributed by atoms with E-state index in [1.165, 1.54) is 15.9 Å². The molecule has 0 unspecified atom stereocenters. The van der Waals surface area contributed by atoms with Gasteiger partial charge in [-0.2, -0.15) is 9.61 Å². The van der Waals surface area contributed by atoms with Gasteiger partial charge in [0.25, 0.3) is 5.56 Å². The van der Waals surface area contributed by atoms with Crippen LogP contribution >= 0.6 is 11.3 Å². The standard InChI is InChI=1S/C13H10N4O3S/c1-7-12(18)17-13(15-14-7)21-11(16-17)10-6-19-8-4-2-3-5-9(8)20-10/h2-5,10H,6H2,1H3/t10-/m1/s1. The Morgan fingerprint density at radius 1 is 1.29 bits per heavy atom. The largest absolute Gasteiger partial charge is 0.485 e. The van der Waals surface area contributed by atoms with Crippen molar-refractivity contribution in [3.63, 3.8) is 0 Å². The highest BCUT2D eigenvalue weighted by molar-refractivity contribution is 7.16. The second-order valence-corrected chi connectivity index (χ2v) is 5.58. The fourth-order valence-corrected chi connectivity index (χ4v) is 2.93. The Morgan fingerprint density at radius 3 is 2.95 bits per heavy atom. The van der Waals surface area contributed by atoms with E-state index in [1.807, 2.05) is 24.3 Å². The van der Waals surface area contributed by atoms with Crippen molar-refractivity contribution >= 4 is 16.3 Å².